The number of rotatable bonds is 2. The predicted octanol–water partition coefficient (Wildman–Crippen LogP) is 2.57. The molecule has 2 rings (SSSR count). The van der Waals surface area contributed by atoms with E-state index < -0.39 is 0 Å². The third-order valence-corrected chi connectivity index (χ3v) is 3.56. The third kappa shape index (κ3) is 1.53. The lowest BCUT2D eigenvalue weighted by atomic mass is 9.93. The van der Waals surface area contributed by atoms with Gasteiger partial charge in [-0.3, -0.25) is 0 Å². The fourth-order valence-corrected chi connectivity index (χ4v) is 2.29. The van der Waals surface area contributed by atoms with Crippen LogP contribution in [-0.4, -0.2) is 7.11 Å². The van der Waals surface area contributed by atoms with Gasteiger partial charge in [-0.2, -0.15) is 0 Å². The molecule has 0 saturated heterocycles. The van der Waals surface area contributed by atoms with Crippen LogP contribution in [0, 0.1) is 20.8 Å². The van der Waals surface area contributed by atoms with Gasteiger partial charge >= 0.3 is 0 Å². The van der Waals surface area contributed by atoms with Gasteiger partial charge in [0.25, 0.3) is 0 Å². The van der Waals surface area contributed by atoms with E-state index in [1.54, 1.807) is 7.11 Å². The van der Waals surface area contributed by atoms with E-state index >= 15 is 0 Å². The molecule has 0 bridgehead atoms. The number of hydrogen-bond acceptors (Lipinski definition) is 2. The van der Waals surface area contributed by atoms with E-state index in [1.165, 1.54) is 22.3 Å². The van der Waals surface area contributed by atoms with Crippen molar-refractivity contribution in [3.8, 4) is 5.75 Å². The average Bonchev–Trinajstić information content (AvgIpc) is 2.92. The summed E-state index contributed by atoms with van der Waals surface area (Å²) in [5.74, 6) is 1.00. The summed E-state index contributed by atoms with van der Waals surface area (Å²) >= 11 is 0. The van der Waals surface area contributed by atoms with Crippen molar-refractivity contribution < 1.29 is 4.74 Å². The molecule has 2 nitrogen and oxygen atoms in total. The molecular formula is C13H19NO. The van der Waals surface area contributed by atoms with Crippen molar-refractivity contribution in [1.82, 2.24) is 0 Å². The van der Waals surface area contributed by atoms with E-state index in [4.69, 9.17) is 10.5 Å². The Hall–Kier alpha value is -1.02. The van der Waals surface area contributed by atoms with Crippen LogP contribution in [0.1, 0.15) is 35.1 Å². The molecule has 2 heteroatoms. The Kier molecular flexibility index (Phi) is 2.27. The maximum atomic E-state index is 6.26. The molecule has 0 radical (unpaired) electrons. The van der Waals surface area contributed by atoms with Gasteiger partial charge < -0.3 is 10.5 Å². The fraction of sp³-hybridized carbons (Fsp3) is 0.538. The Balaban J connectivity index is 2.59. The number of benzene rings is 1. The summed E-state index contributed by atoms with van der Waals surface area (Å²) in [5, 5.41) is 0. The van der Waals surface area contributed by atoms with Crippen molar-refractivity contribution >= 4 is 0 Å². The summed E-state index contributed by atoms with van der Waals surface area (Å²) in [4.78, 5) is 0. The molecule has 0 amide bonds. The van der Waals surface area contributed by atoms with Crippen molar-refractivity contribution in [2.45, 2.75) is 39.2 Å². The Bertz CT molecular complexity index is 405. The second-order valence-corrected chi connectivity index (χ2v) is 4.68. The van der Waals surface area contributed by atoms with Crippen LogP contribution in [0.5, 0.6) is 5.75 Å². The number of nitrogens with two attached hydrogens (primary N) is 1. The first kappa shape index (κ1) is 10.5. The first-order chi connectivity index (χ1) is 6.99. The standard InChI is InChI=1S/C13H19NO/c1-8-7-11(13(14)5-6-13)9(2)10(3)12(8)15-4/h7H,5-6,14H2,1-4H3. The van der Waals surface area contributed by atoms with Gasteiger partial charge in [-0.05, 0) is 55.9 Å². The molecule has 15 heavy (non-hydrogen) atoms. The zero-order chi connectivity index (χ0) is 11.2. The molecule has 1 fully saturated rings. The summed E-state index contributed by atoms with van der Waals surface area (Å²) in [6.07, 6.45) is 2.22. The van der Waals surface area contributed by atoms with Crippen LogP contribution < -0.4 is 10.5 Å². The Morgan fingerprint density at radius 3 is 2.27 bits per heavy atom. The molecule has 1 aliphatic carbocycles. The lowest BCUT2D eigenvalue weighted by Crippen LogP contribution is -2.21. The van der Waals surface area contributed by atoms with Crippen LogP contribution in [0.4, 0.5) is 0 Å². The molecule has 82 valence electrons. The van der Waals surface area contributed by atoms with E-state index in [1.807, 2.05) is 0 Å². The predicted molar refractivity (Wildman–Crippen MR) is 62.3 cm³/mol. The van der Waals surface area contributed by atoms with E-state index in [9.17, 15) is 0 Å². The molecule has 1 aromatic carbocycles. The van der Waals surface area contributed by atoms with Crippen LogP contribution >= 0.6 is 0 Å². The summed E-state index contributed by atoms with van der Waals surface area (Å²) in [6, 6.07) is 2.19. The van der Waals surface area contributed by atoms with Crippen molar-refractivity contribution in [1.29, 1.82) is 0 Å². The summed E-state index contributed by atoms with van der Waals surface area (Å²) in [5.41, 5.74) is 11.2. The first-order valence-electron chi connectivity index (χ1n) is 5.44. The molecular weight excluding hydrogens is 186 g/mol. The number of aryl methyl sites for hydroxylation is 1. The van der Waals surface area contributed by atoms with Gasteiger partial charge in [-0.1, -0.05) is 6.07 Å². The molecule has 0 atom stereocenters. The van der Waals surface area contributed by atoms with Crippen LogP contribution in [0.15, 0.2) is 6.07 Å². The Morgan fingerprint density at radius 2 is 1.80 bits per heavy atom. The maximum Gasteiger partial charge on any atom is 0.124 e. The molecule has 1 aromatic rings. The Morgan fingerprint density at radius 1 is 1.20 bits per heavy atom. The number of methoxy groups -OCH3 is 1. The van der Waals surface area contributed by atoms with Crippen LogP contribution in [0.2, 0.25) is 0 Å². The highest BCUT2D eigenvalue weighted by atomic mass is 16.5. The molecule has 0 unspecified atom stereocenters. The Labute approximate surface area is 91.4 Å². The van der Waals surface area contributed by atoms with Crippen molar-refractivity contribution in [2.24, 2.45) is 5.73 Å². The van der Waals surface area contributed by atoms with Gasteiger partial charge in [-0.15, -0.1) is 0 Å². The van der Waals surface area contributed by atoms with Gasteiger partial charge in [0, 0.05) is 5.54 Å². The summed E-state index contributed by atoms with van der Waals surface area (Å²) in [6.45, 7) is 6.33. The van der Waals surface area contributed by atoms with Crippen LogP contribution in [0.3, 0.4) is 0 Å². The maximum absolute atomic E-state index is 6.26. The fourth-order valence-electron chi connectivity index (χ4n) is 2.29. The van der Waals surface area contributed by atoms with Crippen molar-refractivity contribution in [2.75, 3.05) is 7.11 Å². The van der Waals surface area contributed by atoms with Gasteiger partial charge in [0.15, 0.2) is 0 Å². The van der Waals surface area contributed by atoms with E-state index in [-0.39, 0.29) is 5.54 Å². The molecule has 0 aromatic heterocycles. The average molecular weight is 205 g/mol. The van der Waals surface area contributed by atoms with Gasteiger partial charge in [0.05, 0.1) is 7.11 Å². The highest BCUT2D eigenvalue weighted by Crippen LogP contribution is 2.46. The van der Waals surface area contributed by atoms with Gasteiger partial charge in [-0.25, -0.2) is 0 Å². The number of hydrogen-bond donors (Lipinski definition) is 1. The highest BCUT2D eigenvalue weighted by molar-refractivity contribution is 5.52. The summed E-state index contributed by atoms with van der Waals surface area (Å²) in [7, 11) is 1.73. The largest absolute Gasteiger partial charge is 0.496 e. The highest BCUT2D eigenvalue weighted by Gasteiger charge is 2.41. The van der Waals surface area contributed by atoms with Crippen molar-refractivity contribution in [3.05, 3.63) is 28.3 Å². The van der Waals surface area contributed by atoms with Crippen LogP contribution in [0.25, 0.3) is 0 Å². The molecule has 1 saturated carbocycles. The van der Waals surface area contributed by atoms with Crippen molar-refractivity contribution in [3.63, 3.8) is 0 Å². The zero-order valence-corrected chi connectivity index (χ0v) is 9.98. The lowest BCUT2D eigenvalue weighted by Gasteiger charge is -2.19. The van der Waals surface area contributed by atoms with Crippen LogP contribution in [-0.2, 0) is 5.54 Å². The molecule has 0 heterocycles. The normalized spacial score (nSPS) is 17.7. The molecule has 1 aliphatic rings. The smallest absolute Gasteiger partial charge is 0.124 e. The monoisotopic (exact) mass is 205 g/mol. The second kappa shape index (κ2) is 3.24. The topological polar surface area (TPSA) is 35.2 Å². The van der Waals surface area contributed by atoms with E-state index in [0.717, 1.165) is 18.6 Å². The van der Waals surface area contributed by atoms with E-state index in [0.29, 0.717) is 0 Å². The van der Waals surface area contributed by atoms with Gasteiger partial charge in [0.2, 0.25) is 0 Å². The lowest BCUT2D eigenvalue weighted by molar-refractivity contribution is 0.407. The number of ether oxygens (including phenoxy) is 1. The molecule has 0 aliphatic heterocycles. The minimum atomic E-state index is -0.0497. The van der Waals surface area contributed by atoms with Gasteiger partial charge in [0.1, 0.15) is 5.75 Å². The first-order valence-corrected chi connectivity index (χ1v) is 5.44. The molecule has 2 N–H and O–H groups in total. The summed E-state index contributed by atoms with van der Waals surface area (Å²) < 4.78 is 5.40. The minimum Gasteiger partial charge on any atom is -0.496 e. The third-order valence-electron chi connectivity index (χ3n) is 3.56. The SMILES string of the molecule is COc1c(C)cc(C2(N)CC2)c(C)c1C. The minimum absolute atomic E-state index is 0.0497. The van der Waals surface area contributed by atoms with E-state index in [2.05, 4.69) is 26.8 Å². The zero-order valence-electron chi connectivity index (χ0n) is 9.98. The molecule has 0 spiro atoms. The quantitative estimate of drug-likeness (QED) is 0.805. The second-order valence-electron chi connectivity index (χ2n) is 4.68.